The summed E-state index contributed by atoms with van der Waals surface area (Å²) < 4.78 is 4.84. The second-order valence-electron chi connectivity index (χ2n) is 6.34. The average molecular weight is 375 g/mol. The van der Waals surface area contributed by atoms with Crippen molar-refractivity contribution in [3.63, 3.8) is 0 Å². The second kappa shape index (κ2) is 7.33. The van der Waals surface area contributed by atoms with Crippen molar-refractivity contribution in [3.05, 3.63) is 41.1 Å². The number of methoxy groups -OCH3 is 1. The van der Waals surface area contributed by atoms with Crippen molar-refractivity contribution >= 4 is 29.2 Å². The highest BCUT2D eigenvalue weighted by molar-refractivity contribution is 7.80. The molecule has 2 atom stereocenters. The van der Waals surface area contributed by atoms with Crippen LogP contribution in [0.3, 0.4) is 0 Å². The number of amides is 1. The Morgan fingerprint density at radius 2 is 2.15 bits per heavy atom. The minimum absolute atomic E-state index is 0.104. The summed E-state index contributed by atoms with van der Waals surface area (Å²) in [5, 5.41) is 16.3. The summed E-state index contributed by atoms with van der Waals surface area (Å²) in [6.07, 6.45) is 1.33. The molecule has 1 fully saturated rings. The fourth-order valence-corrected chi connectivity index (χ4v) is 3.75. The minimum Gasteiger partial charge on any atom is -0.508 e. The number of thiocarbonyl (C=S) groups is 1. The molecule has 1 unspecified atom stereocenters. The fraction of sp³-hybridized carbons (Fsp3) is 0.389. The highest BCUT2D eigenvalue weighted by atomic mass is 32.1. The predicted octanol–water partition coefficient (Wildman–Crippen LogP) is 1.35. The maximum Gasteiger partial charge on any atom is 0.328 e. The van der Waals surface area contributed by atoms with E-state index in [0.29, 0.717) is 34.9 Å². The van der Waals surface area contributed by atoms with Crippen molar-refractivity contribution < 1.29 is 19.4 Å². The number of hydrogen-bond acceptors (Lipinski definition) is 5. The third-order valence-electron chi connectivity index (χ3n) is 4.69. The number of aromatic hydroxyl groups is 1. The molecular formula is C18H21N3O4S. The summed E-state index contributed by atoms with van der Waals surface area (Å²) >= 11 is 5.23. The largest absolute Gasteiger partial charge is 0.508 e. The quantitative estimate of drug-likeness (QED) is 0.543. The zero-order chi connectivity index (χ0) is 18.8. The van der Waals surface area contributed by atoms with Crippen LogP contribution in [0.4, 0.5) is 0 Å². The second-order valence-corrected chi connectivity index (χ2v) is 6.75. The van der Waals surface area contributed by atoms with E-state index < -0.39 is 18.1 Å². The Labute approximate surface area is 157 Å². The van der Waals surface area contributed by atoms with Crippen LogP contribution in [0.15, 0.2) is 35.5 Å². The first-order valence-corrected chi connectivity index (χ1v) is 8.79. The molecule has 2 aliphatic rings. The summed E-state index contributed by atoms with van der Waals surface area (Å²) in [5.74, 6) is -0.548. The predicted molar refractivity (Wildman–Crippen MR) is 99.2 cm³/mol. The number of likely N-dealkylation sites (tertiary alicyclic amines) is 1. The van der Waals surface area contributed by atoms with E-state index in [0.717, 1.165) is 6.42 Å². The zero-order valence-corrected chi connectivity index (χ0v) is 15.4. The maximum absolute atomic E-state index is 13.3. The van der Waals surface area contributed by atoms with Gasteiger partial charge in [-0.1, -0.05) is 12.1 Å². The number of benzene rings is 1. The third-order valence-corrected chi connectivity index (χ3v) is 4.91. The topological polar surface area (TPSA) is 90.9 Å². The molecule has 8 heteroatoms. The lowest BCUT2D eigenvalue weighted by molar-refractivity contribution is -0.149. The Balaban J connectivity index is 1.98. The summed E-state index contributed by atoms with van der Waals surface area (Å²) in [4.78, 5) is 26.9. The van der Waals surface area contributed by atoms with Gasteiger partial charge < -0.3 is 25.4 Å². The van der Waals surface area contributed by atoms with Crippen LogP contribution in [0.2, 0.25) is 0 Å². The molecule has 0 saturated carbocycles. The molecule has 0 aliphatic carbocycles. The molecule has 26 heavy (non-hydrogen) atoms. The van der Waals surface area contributed by atoms with Gasteiger partial charge in [0.2, 0.25) is 0 Å². The van der Waals surface area contributed by atoms with E-state index in [2.05, 4.69) is 10.6 Å². The lowest BCUT2D eigenvalue weighted by Gasteiger charge is -2.33. The smallest absolute Gasteiger partial charge is 0.328 e. The van der Waals surface area contributed by atoms with Gasteiger partial charge in [-0.05, 0) is 49.7 Å². The number of allylic oxidation sites excluding steroid dienone is 1. The Hall–Kier alpha value is -2.61. The number of nitrogens with zero attached hydrogens (tertiary/aromatic N) is 1. The Kier molecular flexibility index (Phi) is 5.13. The molecule has 0 radical (unpaired) electrons. The number of ether oxygens (including phenoxy) is 1. The van der Waals surface area contributed by atoms with Crippen LogP contribution in [0, 0.1) is 0 Å². The fourth-order valence-electron chi connectivity index (χ4n) is 3.48. The highest BCUT2D eigenvalue weighted by Gasteiger charge is 2.40. The van der Waals surface area contributed by atoms with Crippen molar-refractivity contribution in [1.82, 2.24) is 15.5 Å². The molecule has 7 nitrogen and oxygen atoms in total. The SMILES string of the molecule is COC(=O)[C@@H]1CCCN1C(=O)C1=C(C)NC(=S)NC1c1cccc(O)c1. The van der Waals surface area contributed by atoms with Crippen molar-refractivity contribution in [1.29, 1.82) is 0 Å². The van der Waals surface area contributed by atoms with Crippen molar-refractivity contribution in [2.75, 3.05) is 13.7 Å². The first kappa shape index (κ1) is 18.2. The van der Waals surface area contributed by atoms with Gasteiger partial charge in [-0.3, -0.25) is 4.79 Å². The molecule has 0 bridgehead atoms. The van der Waals surface area contributed by atoms with Gasteiger partial charge in [0, 0.05) is 12.2 Å². The summed E-state index contributed by atoms with van der Waals surface area (Å²) in [6, 6.07) is 5.59. The van der Waals surface area contributed by atoms with Crippen LogP contribution in [-0.2, 0) is 14.3 Å². The van der Waals surface area contributed by atoms with Gasteiger partial charge in [0.15, 0.2) is 5.11 Å². The first-order valence-electron chi connectivity index (χ1n) is 8.38. The first-order chi connectivity index (χ1) is 12.4. The number of rotatable bonds is 3. The average Bonchev–Trinajstić information content (AvgIpc) is 3.09. The van der Waals surface area contributed by atoms with E-state index in [1.807, 2.05) is 6.07 Å². The monoisotopic (exact) mass is 375 g/mol. The molecule has 1 aromatic carbocycles. The summed E-state index contributed by atoms with van der Waals surface area (Å²) in [6.45, 7) is 2.27. The third kappa shape index (κ3) is 3.37. The number of carbonyl (C=O) groups is 2. The molecular weight excluding hydrogens is 354 g/mol. The van der Waals surface area contributed by atoms with Crippen molar-refractivity contribution in [3.8, 4) is 5.75 Å². The van der Waals surface area contributed by atoms with Crippen LogP contribution in [0.25, 0.3) is 0 Å². The maximum atomic E-state index is 13.3. The molecule has 2 aliphatic heterocycles. The van der Waals surface area contributed by atoms with E-state index in [4.69, 9.17) is 17.0 Å². The Bertz CT molecular complexity index is 792. The van der Waals surface area contributed by atoms with E-state index >= 15 is 0 Å². The number of nitrogens with one attached hydrogen (secondary N) is 2. The Morgan fingerprint density at radius 1 is 1.38 bits per heavy atom. The molecule has 1 aromatic rings. The van der Waals surface area contributed by atoms with Gasteiger partial charge in [0.05, 0.1) is 18.7 Å². The Morgan fingerprint density at radius 3 is 2.85 bits per heavy atom. The van der Waals surface area contributed by atoms with Gasteiger partial charge in [-0.2, -0.15) is 0 Å². The van der Waals surface area contributed by atoms with Crippen LogP contribution in [0.1, 0.15) is 31.4 Å². The normalized spacial score (nSPS) is 22.7. The lowest BCUT2D eigenvalue weighted by atomic mass is 9.94. The van der Waals surface area contributed by atoms with E-state index in [-0.39, 0.29) is 11.7 Å². The van der Waals surface area contributed by atoms with Crippen LogP contribution < -0.4 is 10.6 Å². The van der Waals surface area contributed by atoms with E-state index in [1.165, 1.54) is 7.11 Å². The number of phenolic OH excluding ortho intramolecular Hbond substituents is 1. The van der Waals surface area contributed by atoms with Gasteiger partial charge in [0.1, 0.15) is 11.8 Å². The minimum atomic E-state index is -0.577. The number of phenols is 1. The van der Waals surface area contributed by atoms with Gasteiger partial charge in [-0.25, -0.2) is 4.79 Å². The molecule has 138 valence electrons. The van der Waals surface area contributed by atoms with Crippen molar-refractivity contribution in [2.45, 2.75) is 31.8 Å². The molecule has 0 aromatic heterocycles. The molecule has 2 heterocycles. The molecule has 1 saturated heterocycles. The van der Waals surface area contributed by atoms with Gasteiger partial charge in [-0.15, -0.1) is 0 Å². The van der Waals surface area contributed by atoms with Gasteiger partial charge >= 0.3 is 5.97 Å². The lowest BCUT2D eigenvalue weighted by Crippen LogP contribution is -2.49. The highest BCUT2D eigenvalue weighted by Crippen LogP contribution is 2.32. The standard InChI is InChI=1S/C18H21N3O4S/c1-10-14(16(23)21-8-4-7-13(21)17(24)25-2)15(20-18(26)19-10)11-5-3-6-12(22)9-11/h3,5-6,9,13,15,22H,4,7-8H2,1-2H3,(H2,19,20,26)/t13-,15?/m0/s1. The molecule has 3 N–H and O–H groups in total. The molecule has 1 amide bonds. The van der Waals surface area contributed by atoms with Gasteiger partial charge in [0.25, 0.3) is 5.91 Å². The summed E-state index contributed by atoms with van der Waals surface area (Å²) in [7, 11) is 1.32. The zero-order valence-electron chi connectivity index (χ0n) is 14.6. The number of carbonyl (C=O) groups excluding carboxylic acids is 2. The van der Waals surface area contributed by atoms with Crippen LogP contribution in [0.5, 0.6) is 5.75 Å². The summed E-state index contributed by atoms with van der Waals surface area (Å²) in [5.41, 5.74) is 1.81. The number of esters is 1. The van der Waals surface area contributed by atoms with Crippen LogP contribution in [-0.4, -0.2) is 46.7 Å². The molecule has 0 spiro atoms. The number of hydrogen-bond donors (Lipinski definition) is 3. The molecule has 3 rings (SSSR count). The van der Waals surface area contributed by atoms with Crippen LogP contribution >= 0.6 is 12.2 Å². The van der Waals surface area contributed by atoms with Crippen molar-refractivity contribution in [2.24, 2.45) is 0 Å². The van der Waals surface area contributed by atoms with E-state index in [9.17, 15) is 14.7 Å². The van der Waals surface area contributed by atoms with E-state index in [1.54, 1.807) is 30.0 Å².